The maximum Gasteiger partial charge on any atom is 0.275 e. The van der Waals surface area contributed by atoms with Gasteiger partial charge in [0.15, 0.2) is 5.11 Å². The molecule has 0 saturated heterocycles. The molecule has 0 fully saturated rings. The molecule has 0 amide bonds. The zero-order valence-electron chi connectivity index (χ0n) is 6.93. The highest BCUT2D eigenvalue weighted by atomic mass is 32.1. The number of benzene rings is 1. The lowest BCUT2D eigenvalue weighted by atomic mass is 10.2. The van der Waals surface area contributed by atoms with Gasteiger partial charge in [-0.2, -0.15) is 0 Å². The van der Waals surface area contributed by atoms with Crippen molar-refractivity contribution in [3.63, 3.8) is 0 Å². The Balaban J connectivity index is 3.07. The molecule has 1 aromatic rings. The minimum atomic E-state index is -0.621. The number of phenolic OH excluding ortho intramolecular Hbond substituents is 1. The zero-order chi connectivity index (χ0) is 10.7. The van der Waals surface area contributed by atoms with Crippen LogP contribution in [0.15, 0.2) is 18.2 Å². The van der Waals surface area contributed by atoms with E-state index in [4.69, 9.17) is 10.8 Å². The van der Waals surface area contributed by atoms with Gasteiger partial charge in [0, 0.05) is 12.1 Å². The number of thiocarbonyl (C=S) groups is 1. The Morgan fingerprint density at radius 3 is 2.71 bits per heavy atom. The Labute approximate surface area is 84.5 Å². The molecule has 74 valence electrons. The topological polar surface area (TPSA) is 101 Å². The van der Waals surface area contributed by atoms with Crippen molar-refractivity contribution in [3.05, 3.63) is 28.3 Å². The Hall–Kier alpha value is -1.89. The Morgan fingerprint density at radius 2 is 2.21 bits per heavy atom. The highest BCUT2D eigenvalue weighted by molar-refractivity contribution is 7.80. The van der Waals surface area contributed by atoms with Gasteiger partial charge in [-0.15, -0.1) is 0 Å². The first kappa shape index (κ1) is 10.2. The van der Waals surface area contributed by atoms with Gasteiger partial charge in [0.05, 0.1) is 16.7 Å². The van der Waals surface area contributed by atoms with Crippen molar-refractivity contribution in [3.8, 4) is 5.75 Å². The van der Waals surface area contributed by atoms with Gasteiger partial charge in [0.1, 0.15) is 5.75 Å². The van der Waals surface area contributed by atoms with Crippen molar-refractivity contribution in [2.75, 3.05) is 5.32 Å². The number of hydrogen-bond donors (Lipinski definition) is 3. The third-order valence-corrected chi connectivity index (χ3v) is 1.48. The zero-order valence-corrected chi connectivity index (χ0v) is 7.75. The van der Waals surface area contributed by atoms with Gasteiger partial charge < -0.3 is 16.2 Å². The summed E-state index contributed by atoms with van der Waals surface area (Å²) in [5, 5.41) is 22.0. The van der Waals surface area contributed by atoms with Crippen LogP contribution in [0.2, 0.25) is 0 Å². The average molecular weight is 213 g/mol. The van der Waals surface area contributed by atoms with Gasteiger partial charge in [0.2, 0.25) is 0 Å². The highest BCUT2D eigenvalue weighted by Gasteiger charge is 2.09. The number of nitrogens with one attached hydrogen (secondary N) is 1. The van der Waals surface area contributed by atoms with Crippen LogP contribution in [0.4, 0.5) is 11.4 Å². The average Bonchev–Trinajstić information content (AvgIpc) is 2.01. The van der Waals surface area contributed by atoms with Crippen molar-refractivity contribution >= 4 is 28.7 Å². The number of nitrogens with zero attached hydrogens (tertiary/aromatic N) is 1. The number of rotatable bonds is 2. The third-order valence-electron chi connectivity index (χ3n) is 1.38. The summed E-state index contributed by atoms with van der Waals surface area (Å²) in [7, 11) is 0. The first-order valence-corrected chi connectivity index (χ1v) is 3.95. The monoisotopic (exact) mass is 213 g/mol. The first-order valence-electron chi connectivity index (χ1n) is 3.54. The molecule has 0 saturated carbocycles. The van der Waals surface area contributed by atoms with E-state index in [0.717, 1.165) is 6.07 Å². The van der Waals surface area contributed by atoms with E-state index in [9.17, 15) is 10.1 Å². The predicted octanol–water partition coefficient (Wildman–Crippen LogP) is 0.956. The predicted molar refractivity (Wildman–Crippen MR) is 55.2 cm³/mol. The molecule has 0 atom stereocenters. The fourth-order valence-corrected chi connectivity index (χ4v) is 1.03. The highest BCUT2D eigenvalue weighted by Crippen LogP contribution is 2.24. The van der Waals surface area contributed by atoms with Crippen LogP contribution < -0.4 is 11.1 Å². The van der Waals surface area contributed by atoms with E-state index in [1.54, 1.807) is 0 Å². The Bertz CT molecular complexity index is 394. The minimum absolute atomic E-state index is 0.0232. The maximum absolute atomic E-state index is 10.4. The fourth-order valence-electron chi connectivity index (χ4n) is 0.915. The van der Waals surface area contributed by atoms with Crippen LogP contribution in [-0.4, -0.2) is 15.1 Å². The molecular weight excluding hydrogens is 206 g/mol. The number of nitrogens with two attached hydrogens (primary N) is 1. The van der Waals surface area contributed by atoms with Gasteiger partial charge in [-0.25, -0.2) is 0 Å². The van der Waals surface area contributed by atoms with E-state index in [1.165, 1.54) is 12.1 Å². The summed E-state index contributed by atoms with van der Waals surface area (Å²) in [6, 6.07) is 3.54. The summed E-state index contributed by atoms with van der Waals surface area (Å²) in [5.74, 6) is -0.224. The van der Waals surface area contributed by atoms with Gasteiger partial charge in [-0.05, 0) is 12.2 Å². The normalized spacial score (nSPS) is 9.43. The summed E-state index contributed by atoms with van der Waals surface area (Å²) in [6.45, 7) is 0. The minimum Gasteiger partial charge on any atom is -0.508 e. The van der Waals surface area contributed by atoms with E-state index in [1.807, 2.05) is 0 Å². The summed E-state index contributed by atoms with van der Waals surface area (Å²) < 4.78 is 0. The van der Waals surface area contributed by atoms with Crippen molar-refractivity contribution in [2.24, 2.45) is 5.73 Å². The number of aromatic hydroxyl groups is 1. The lowest BCUT2D eigenvalue weighted by Crippen LogP contribution is -2.18. The molecule has 6 nitrogen and oxygen atoms in total. The van der Waals surface area contributed by atoms with Gasteiger partial charge in [-0.1, -0.05) is 0 Å². The molecule has 0 bridgehead atoms. The van der Waals surface area contributed by atoms with Crippen molar-refractivity contribution < 1.29 is 10.0 Å². The van der Waals surface area contributed by atoms with Crippen molar-refractivity contribution in [2.45, 2.75) is 0 Å². The molecule has 1 rings (SSSR count). The van der Waals surface area contributed by atoms with Crippen LogP contribution in [0.25, 0.3) is 0 Å². The number of phenols is 1. The molecule has 7 heteroatoms. The SMILES string of the molecule is NC(=S)Nc1cc(O)cc([N+](=O)[O-])c1. The molecule has 0 heterocycles. The van der Waals surface area contributed by atoms with Crippen LogP contribution >= 0.6 is 12.2 Å². The first-order chi connectivity index (χ1) is 6.49. The molecule has 0 radical (unpaired) electrons. The van der Waals surface area contributed by atoms with E-state index in [2.05, 4.69) is 17.5 Å². The second-order valence-corrected chi connectivity index (χ2v) is 2.92. The van der Waals surface area contributed by atoms with E-state index < -0.39 is 4.92 Å². The molecule has 0 unspecified atom stereocenters. The molecule has 0 aliphatic rings. The molecule has 1 aromatic carbocycles. The van der Waals surface area contributed by atoms with Crippen LogP contribution in [0.3, 0.4) is 0 Å². The number of anilines is 1. The van der Waals surface area contributed by atoms with Crippen LogP contribution in [-0.2, 0) is 0 Å². The van der Waals surface area contributed by atoms with E-state index in [-0.39, 0.29) is 22.2 Å². The molecule has 14 heavy (non-hydrogen) atoms. The number of nitro benzene ring substituents is 1. The third kappa shape index (κ3) is 2.56. The number of nitro groups is 1. The number of hydrogen-bond acceptors (Lipinski definition) is 4. The lowest BCUT2D eigenvalue weighted by Gasteiger charge is -2.03. The molecule has 0 aromatic heterocycles. The number of non-ortho nitro benzene ring substituents is 1. The standard InChI is InChI=1S/C7H7N3O3S/c8-7(14)9-4-1-5(10(12)13)3-6(11)2-4/h1-3,11H,(H3,8,9,14). The summed E-state index contributed by atoms with van der Waals surface area (Å²) in [5.41, 5.74) is 5.22. The van der Waals surface area contributed by atoms with Crippen molar-refractivity contribution in [1.82, 2.24) is 0 Å². The quantitative estimate of drug-likeness (QED) is 0.384. The Kier molecular flexibility index (Phi) is 2.82. The lowest BCUT2D eigenvalue weighted by molar-refractivity contribution is -0.384. The molecule has 4 N–H and O–H groups in total. The van der Waals surface area contributed by atoms with Crippen LogP contribution in [0.5, 0.6) is 5.75 Å². The van der Waals surface area contributed by atoms with E-state index in [0.29, 0.717) is 0 Å². The van der Waals surface area contributed by atoms with Crippen LogP contribution in [0, 0.1) is 10.1 Å². The molecule has 0 aliphatic carbocycles. The maximum atomic E-state index is 10.4. The summed E-state index contributed by atoms with van der Waals surface area (Å²) in [4.78, 5) is 9.77. The Morgan fingerprint density at radius 1 is 1.57 bits per heavy atom. The van der Waals surface area contributed by atoms with Crippen LogP contribution in [0.1, 0.15) is 0 Å². The second kappa shape index (κ2) is 3.88. The molecular formula is C7H7N3O3S. The van der Waals surface area contributed by atoms with Gasteiger partial charge in [0.25, 0.3) is 5.69 Å². The fraction of sp³-hybridized carbons (Fsp3) is 0. The van der Waals surface area contributed by atoms with E-state index >= 15 is 0 Å². The molecule has 0 spiro atoms. The summed E-state index contributed by atoms with van der Waals surface area (Å²) >= 11 is 4.54. The van der Waals surface area contributed by atoms with Gasteiger partial charge >= 0.3 is 0 Å². The molecule has 0 aliphatic heterocycles. The second-order valence-electron chi connectivity index (χ2n) is 2.48. The van der Waals surface area contributed by atoms with Gasteiger partial charge in [-0.3, -0.25) is 10.1 Å². The largest absolute Gasteiger partial charge is 0.508 e. The smallest absolute Gasteiger partial charge is 0.275 e. The van der Waals surface area contributed by atoms with Crippen molar-refractivity contribution in [1.29, 1.82) is 0 Å². The summed E-state index contributed by atoms with van der Waals surface area (Å²) in [6.07, 6.45) is 0.